The van der Waals surface area contributed by atoms with Crippen LogP contribution >= 0.6 is 23.1 Å². The minimum absolute atomic E-state index is 0.0617. The van der Waals surface area contributed by atoms with Crippen LogP contribution in [0.15, 0.2) is 65.1 Å². The number of nitrogens with one attached hydrogen (secondary N) is 1. The Morgan fingerprint density at radius 3 is 2.53 bits per heavy atom. The molecule has 2 heterocycles. The van der Waals surface area contributed by atoms with Crippen LogP contribution in [-0.2, 0) is 16.1 Å². The summed E-state index contributed by atoms with van der Waals surface area (Å²) in [5.41, 5.74) is 1.91. The van der Waals surface area contributed by atoms with Gasteiger partial charge in [-0.3, -0.25) is 4.79 Å². The van der Waals surface area contributed by atoms with Crippen LogP contribution in [0.2, 0.25) is 0 Å². The molecule has 1 unspecified atom stereocenters. The van der Waals surface area contributed by atoms with E-state index in [9.17, 15) is 14.0 Å². The summed E-state index contributed by atoms with van der Waals surface area (Å²) < 4.78 is 26.2. The second kappa shape index (κ2) is 12.7. The highest BCUT2D eigenvalue weighted by atomic mass is 32.2. The van der Waals surface area contributed by atoms with Crippen LogP contribution in [-0.4, -0.2) is 39.0 Å². The first-order valence-electron chi connectivity index (χ1n) is 12.0. The molecule has 4 aromatic rings. The van der Waals surface area contributed by atoms with E-state index in [1.54, 1.807) is 19.1 Å². The number of halogens is 1. The van der Waals surface area contributed by atoms with E-state index < -0.39 is 12.1 Å². The van der Waals surface area contributed by atoms with E-state index in [0.717, 1.165) is 5.56 Å². The van der Waals surface area contributed by atoms with Crippen molar-refractivity contribution in [2.75, 3.05) is 17.7 Å². The number of ether oxygens (including phenoxy) is 2. The number of anilines is 1. The number of carbonyl (C=O) groups excluding carboxylic acids is 2. The number of nitrogens with zero attached hydrogens (tertiary/aromatic N) is 3. The third-order valence-corrected chi connectivity index (χ3v) is 7.35. The number of amides is 1. The number of rotatable bonds is 11. The second-order valence-electron chi connectivity index (χ2n) is 8.08. The molecule has 0 aliphatic rings. The van der Waals surface area contributed by atoms with Crippen LogP contribution in [0.1, 0.15) is 43.1 Å². The van der Waals surface area contributed by atoms with E-state index in [4.69, 9.17) is 9.47 Å². The van der Waals surface area contributed by atoms with Crippen LogP contribution in [0, 0.1) is 5.82 Å². The van der Waals surface area contributed by atoms with Crippen LogP contribution in [0.25, 0.3) is 11.1 Å². The van der Waals surface area contributed by atoms with Gasteiger partial charge < -0.3 is 19.4 Å². The van der Waals surface area contributed by atoms with Crippen LogP contribution in [0.5, 0.6) is 5.75 Å². The monoisotopic (exact) mass is 554 g/mol. The molecule has 0 radical (unpaired) electrons. The first-order chi connectivity index (χ1) is 18.4. The lowest BCUT2D eigenvalue weighted by Crippen LogP contribution is -2.17. The van der Waals surface area contributed by atoms with Crippen molar-refractivity contribution in [1.82, 2.24) is 14.8 Å². The molecule has 0 aliphatic carbocycles. The maximum Gasteiger partial charge on any atom is 0.341 e. The van der Waals surface area contributed by atoms with E-state index in [1.807, 2.05) is 54.1 Å². The molecule has 8 nitrogen and oxygen atoms in total. The van der Waals surface area contributed by atoms with Gasteiger partial charge in [-0.25, -0.2) is 9.18 Å². The number of benzene rings is 2. The lowest BCUT2D eigenvalue weighted by molar-refractivity contribution is -0.113. The van der Waals surface area contributed by atoms with Crippen molar-refractivity contribution >= 4 is 40.0 Å². The maximum absolute atomic E-state index is 13.2. The van der Waals surface area contributed by atoms with Crippen molar-refractivity contribution in [3.63, 3.8) is 0 Å². The Balaban J connectivity index is 1.45. The zero-order chi connectivity index (χ0) is 27.1. The van der Waals surface area contributed by atoms with Gasteiger partial charge in [0, 0.05) is 17.5 Å². The van der Waals surface area contributed by atoms with E-state index in [-0.39, 0.29) is 24.1 Å². The van der Waals surface area contributed by atoms with Crippen molar-refractivity contribution in [3.8, 4) is 16.9 Å². The van der Waals surface area contributed by atoms with E-state index in [1.165, 1.54) is 35.2 Å². The van der Waals surface area contributed by atoms with Gasteiger partial charge in [-0.05, 0) is 50.6 Å². The number of carbonyl (C=O) groups is 2. The van der Waals surface area contributed by atoms with Crippen molar-refractivity contribution in [2.45, 2.75) is 38.6 Å². The summed E-state index contributed by atoms with van der Waals surface area (Å²) in [4.78, 5) is 25.6. The fraction of sp³-hybridized carbons (Fsp3) is 0.259. The predicted molar refractivity (Wildman–Crippen MR) is 146 cm³/mol. The molecule has 0 fully saturated rings. The Labute approximate surface area is 228 Å². The van der Waals surface area contributed by atoms with Gasteiger partial charge in [0.2, 0.25) is 5.91 Å². The minimum atomic E-state index is -0.485. The highest BCUT2D eigenvalue weighted by Gasteiger charge is 2.24. The van der Waals surface area contributed by atoms with Crippen molar-refractivity contribution in [3.05, 3.63) is 77.2 Å². The first-order valence-corrected chi connectivity index (χ1v) is 13.9. The normalized spacial score (nSPS) is 11.7. The smallest absolute Gasteiger partial charge is 0.341 e. The zero-order valence-electron chi connectivity index (χ0n) is 21.1. The first kappa shape index (κ1) is 27.3. The zero-order valence-corrected chi connectivity index (χ0v) is 22.8. The third kappa shape index (κ3) is 6.40. The molecule has 2 aromatic heterocycles. The Morgan fingerprint density at radius 1 is 1.11 bits per heavy atom. The largest absolute Gasteiger partial charge is 0.483 e. The van der Waals surface area contributed by atoms with Crippen LogP contribution in [0.3, 0.4) is 0 Å². The number of hydrogen-bond acceptors (Lipinski definition) is 8. The number of hydrogen-bond donors (Lipinski definition) is 1. The minimum Gasteiger partial charge on any atom is -0.483 e. The molecular weight excluding hydrogens is 527 g/mol. The highest BCUT2D eigenvalue weighted by Crippen LogP contribution is 2.36. The molecule has 198 valence electrons. The number of esters is 1. The van der Waals surface area contributed by atoms with Gasteiger partial charge in [0.25, 0.3) is 0 Å². The van der Waals surface area contributed by atoms with E-state index >= 15 is 0 Å². The fourth-order valence-corrected chi connectivity index (χ4v) is 5.54. The van der Waals surface area contributed by atoms with Crippen molar-refractivity contribution in [2.24, 2.45) is 0 Å². The Kier molecular flexibility index (Phi) is 9.14. The molecule has 38 heavy (non-hydrogen) atoms. The molecule has 1 N–H and O–H groups in total. The quantitative estimate of drug-likeness (QED) is 0.174. The number of thiophene rings is 1. The molecule has 0 spiro atoms. The summed E-state index contributed by atoms with van der Waals surface area (Å²) in [6.45, 7) is 6.32. The molecule has 1 atom stereocenters. The Hall–Kier alpha value is -3.70. The van der Waals surface area contributed by atoms with Gasteiger partial charge in [0.15, 0.2) is 17.1 Å². The molecule has 0 saturated carbocycles. The highest BCUT2D eigenvalue weighted by molar-refractivity contribution is 7.99. The summed E-state index contributed by atoms with van der Waals surface area (Å²) in [6.07, 6.45) is -0.439. The average Bonchev–Trinajstić information content (AvgIpc) is 3.53. The van der Waals surface area contributed by atoms with Gasteiger partial charge in [-0.15, -0.1) is 21.5 Å². The lowest BCUT2D eigenvalue weighted by atomic mass is 10.0. The SMILES string of the molecule is CCOC(=O)c1c(-c2ccccc2)csc1NC(=O)CSc1nnc(C(C)Oc2ccc(F)cc2)n1CC. The van der Waals surface area contributed by atoms with Crippen LogP contribution in [0.4, 0.5) is 9.39 Å². The van der Waals surface area contributed by atoms with E-state index in [0.29, 0.717) is 39.4 Å². The fourth-order valence-electron chi connectivity index (χ4n) is 3.75. The Morgan fingerprint density at radius 2 is 1.84 bits per heavy atom. The molecular formula is C27H27FN4O4S2. The summed E-state index contributed by atoms with van der Waals surface area (Å²) in [6, 6.07) is 15.3. The van der Waals surface area contributed by atoms with Crippen LogP contribution < -0.4 is 10.1 Å². The van der Waals surface area contributed by atoms with E-state index in [2.05, 4.69) is 15.5 Å². The lowest BCUT2D eigenvalue weighted by Gasteiger charge is -2.15. The summed E-state index contributed by atoms with van der Waals surface area (Å²) in [7, 11) is 0. The Bertz CT molecular complexity index is 1390. The van der Waals surface area contributed by atoms with Gasteiger partial charge in [-0.2, -0.15) is 0 Å². The third-order valence-electron chi connectivity index (χ3n) is 5.49. The van der Waals surface area contributed by atoms with Crippen molar-refractivity contribution < 1.29 is 23.5 Å². The maximum atomic E-state index is 13.2. The predicted octanol–water partition coefficient (Wildman–Crippen LogP) is 6.21. The second-order valence-corrected chi connectivity index (χ2v) is 9.90. The molecule has 4 rings (SSSR count). The average molecular weight is 555 g/mol. The molecule has 0 saturated heterocycles. The van der Waals surface area contributed by atoms with Gasteiger partial charge in [0.1, 0.15) is 22.1 Å². The molecule has 11 heteroatoms. The molecule has 0 bridgehead atoms. The summed E-state index contributed by atoms with van der Waals surface area (Å²) in [5, 5.41) is 14.2. The van der Waals surface area contributed by atoms with Crippen molar-refractivity contribution in [1.29, 1.82) is 0 Å². The molecule has 0 aliphatic heterocycles. The van der Waals surface area contributed by atoms with Gasteiger partial charge in [0.05, 0.1) is 12.4 Å². The van der Waals surface area contributed by atoms with Gasteiger partial charge in [-0.1, -0.05) is 42.1 Å². The summed E-state index contributed by atoms with van der Waals surface area (Å²) in [5.74, 6) is 0.0563. The molecule has 1 amide bonds. The number of thioether (sulfide) groups is 1. The topological polar surface area (TPSA) is 95.3 Å². The van der Waals surface area contributed by atoms with Gasteiger partial charge >= 0.3 is 5.97 Å². The standard InChI is InChI=1S/C27H27FN4O4S2/c1-4-32-24(17(3)36-20-13-11-19(28)12-14-20)30-31-27(32)38-16-22(33)29-25-23(26(34)35-5-2)21(15-37-25)18-9-7-6-8-10-18/h6-15,17H,4-5,16H2,1-3H3,(H,29,33). The molecule has 2 aromatic carbocycles. The summed E-state index contributed by atoms with van der Waals surface area (Å²) >= 11 is 2.51. The number of aromatic nitrogens is 3.